The molecule has 1 atom stereocenters. The standard InChI is InChI=1S/C44H72O5Si/c1-6-8-10-12-14-15-16-18-29-37-48-43(45)34-26-21-28-36-47-39-40(38-46-35-27-17-13-11-9-7-2)49-50(44(3,4)5,41-30-22-19-23-31-41)42-32-24-20-25-33-42/h18-20,22-25,29-33,40H,6-17,21,26-28,34-39H2,1-5H3. The Bertz CT molecular complexity index is 1070. The van der Waals surface area contributed by atoms with Crippen molar-refractivity contribution in [3.05, 3.63) is 72.8 Å². The molecule has 0 aliphatic rings. The zero-order valence-electron chi connectivity index (χ0n) is 32.6. The summed E-state index contributed by atoms with van der Waals surface area (Å²) < 4.78 is 25.4. The predicted molar refractivity (Wildman–Crippen MR) is 214 cm³/mol. The Morgan fingerprint density at radius 2 is 1.12 bits per heavy atom. The van der Waals surface area contributed by atoms with Crippen LogP contribution in [-0.4, -0.2) is 53.4 Å². The Morgan fingerprint density at radius 1 is 0.640 bits per heavy atom. The summed E-state index contributed by atoms with van der Waals surface area (Å²) in [7, 11) is -2.74. The number of benzene rings is 2. The molecule has 2 rings (SSSR count). The number of ether oxygens (including phenoxy) is 3. The highest BCUT2D eigenvalue weighted by molar-refractivity contribution is 6.99. The van der Waals surface area contributed by atoms with Crippen LogP contribution >= 0.6 is 0 Å². The van der Waals surface area contributed by atoms with Crippen LogP contribution < -0.4 is 10.4 Å². The minimum Gasteiger partial charge on any atom is -0.461 e. The minimum atomic E-state index is -2.74. The first-order valence-corrected chi connectivity index (χ1v) is 22.0. The lowest BCUT2D eigenvalue weighted by atomic mass is 10.1. The lowest BCUT2D eigenvalue weighted by Gasteiger charge is -2.45. The van der Waals surface area contributed by atoms with Crippen molar-refractivity contribution < 1.29 is 23.4 Å². The van der Waals surface area contributed by atoms with E-state index >= 15 is 0 Å². The zero-order chi connectivity index (χ0) is 36.2. The van der Waals surface area contributed by atoms with Crippen LogP contribution in [0.3, 0.4) is 0 Å². The highest BCUT2D eigenvalue weighted by Crippen LogP contribution is 2.37. The summed E-state index contributed by atoms with van der Waals surface area (Å²) in [5.41, 5.74) is 0. The van der Waals surface area contributed by atoms with Crippen LogP contribution in [0.15, 0.2) is 72.8 Å². The van der Waals surface area contributed by atoms with Crippen LogP contribution in [0.25, 0.3) is 0 Å². The second-order valence-electron chi connectivity index (χ2n) is 14.8. The van der Waals surface area contributed by atoms with Gasteiger partial charge in [0.1, 0.15) is 6.61 Å². The molecule has 282 valence electrons. The summed E-state index contributed by atoms with van der Waals surface area (Å²) in [4.78, 5) is 12.2. The molecule has 1 unspecified atom stereocenters. The Balaban J connectivity index is 1.88. The van der Waals surface area contributed by atoms with Crippen molar-refractivity contribution >= 4 is 24.7 Å². The van der Waals surface area contributed by atoms with E-state index in [4.69, 9.17) is 18.6 Å². The summed E-state index contributed by atoms with van der Waals surface area (Å²) in [6.45, 7) is 14.2. The molecular formula is C44H72O5Si. The summed E-state index contributed by atoms with van der Waals surface area (Å²) in [5, 5.41) is 2.41. The first kappa shape index (κ1) is 43.9. The Morgan fingerprint density at radius 3 is 1.64 bits per heavy atom. The van der Waals surface area contributed by atoms with E-state index in [1.807, 2.05) is 6.08 Å². The van der Waals surface area contributed by atoms with E-state index in [1.54, 1.807) is 0 Å². The number of carbonyl (C=O) groups excluding carboxylic acids is 1. The fourth-order valence-corrected chi connectivity index (χ4v) is 11.2. The summed E-state index contributed by atoms with van der Waals surface area (Å²) in [6.07, 6.45) is 23.4. The molecule has 0 radical (unpaired) electrons. The van der Waals surface area contributed by atoms with Crippen molar-refractivity contribution in [2.75, 3.05) is 33.0 Å². The van der Waals surface area contributed by atoms with E-state index < -0.39 is 8.32 Å². The molecule has 2 aromatic rings. The van der Waals surface area contributed by atoms with Crippen LogP contribution in [0.2, 0.25) is 5.04 Å². The molecular weight excluding hydrogens is 637 g/mol. The maximum Gasteiger partial charge on any atom is 0.306 e. The maximum absolute atomic E-state index is 12.2. The zero-order valence-corrected chi connectivity index (χ0v) is 33.6. The van der Waals surface area contributed by atoms with Gasteiger partial charge in [-0.1, -0.05) is 178 Å². The number of rotatable bonds is 30. The highest BCUT2D eigenvalue weighted by Gasteiger charge is 2.51. The van der Waals surface area contributed by atoms with Crippen LogP contribution in [0, 0.1) is 0 Å². The number of carbonyl (C=O) groups is 1. The topological polar surface area (TPSA) is 54.0 Å². The van der Waals surface area contributed by atoms with E-state index in [2.05, 4.69) is 101 Å². The van der Waals surface area contributed by atoms with Crippen LogP contribution in [0.4, 0.5) is 0 Å². The minimum absolute atomic E-state index is 0.114. The van der Waals surface area contributed by atoms with Crippen molar-refractivity contribution in [3.63, 3.8) is 0 Å². The maximum atomic E-state index is 12.2. The van der Waals surface area contributed by atoms with Crippen molar-refractivity contribution in [3.8, 4) is 0 Å². The molecule has 0 fully saturated rings. The van der Waals surface area contributed by atoms with Crippen LogP contribution in [0.5, 0.6) is 0 Å². The van der Waals surface area contributed by atoms with Crippen molar-refractivity contribution in [2.24, 2.45) is 0 Å². The molecule has 6 heteroatoms. The first-order valence-electron chi connectivity index (χ1n) is 20.1. The van der Waals surface area contributed by atoms with Crippen LogP contribution in [0.1, 0.15) is 144 Å². The van der Waals surface area contributed by atoms with Gasteiger partial charge in [0.05, 0.1) is 19.3 Å². The normalized spacial score (nSPS) is 12.8. The fourth-order valence-electron chi connectivity index (χ4n) is 6.56. The quantitative estimate of drug-likeness (QED) is 0.0350. The molecule has 0 aliphatic heterocycles. The number of unbranched alkanes of at least 4 members (excludes halogenated alkanes) is 13. The van der Waals surface area contributed by atoms with E-state index in [1.165, 1.54) is 81.0 Å². The number of allylic oxidation sites excluding steroid dienone is 1. The van der Waals surface area contributed by atoms with Gasteiger partial charge in [0.2, 0.25) is 0 Å². The second kappa shape index (κ2) is 27.4. The van der Waals surface area contributed by atoms with Crippen molar-refractivity contribution in [1.82, 2.24) is 0 Å². The number of hydrogen-bond acceptors (Lipinski definition) is 5. The smallest absolute Gasteiger partial charge is 0.306 e. The molecule has 0 spiro atoms. The molecule has 5 nitrogen and oxygen atoms in total. The van der Waals surface area contributed by atoms with Gasteiger partial charge in [0.15, 0.2) is 0 Å². The van der Waals surface area contributed by atoms with Gasteiger partial charge in [-0.25, -0.2) is 0 Å². The van der Waals surface area contributed by atoms with E-state index in [-0.39, 0.29) is 17.1 Å². The predicted octanol–water partition coefficient (Wildman–Crippen LogP) is 10.7. The lowest BCUT2D eigenvalue weighted by Crippen LogP contribution is -2.68. The van der Waals surface area contributed by atoms with Crippen molar-refractivity contribution in [2.45, 2.75) is 155 Å². The molecule has 0 amide bonds. The lowest BCUT2D eigenvalue weighted by molar-refractivity contribution is -0.142. The summed E-state index contributed by atoms with van der Waals surface area (Å²) in [6, 6.07) is 21.6. The summed E-state index contributed by atoms with van der Waals surface area (Å²) >= 11 is 0. The average molecular weight is 709 g/mol. The SMILES string of the molecule is CCCCCCCCC=CCOC(=O)CCCCCOCC(COCCCCCCCC)O[Si](c1ccccc1)(c1ccccc1)C(C)(C)C. The number of hydrogen-bond donors (Lipinski definition) is 0. The highest BCUT2D eigenvalue weighted by atomic mass is 28.4. The molecule has 0 saturated carbocycles. The van der Waals surface area contributed by atoms with E-state index in [0.717, 1.165) is 38.7 Å². The Hall–Kier alpha value is -2.25. The Labute approximate surface area is 308 Å². The third-order valence-electron chi connectivity index (χ3n) is 9.41. The Kier molecular flexibility index (Phi) is 24.1. The first-order chi connectivity index (χ1) is 24.3. The molecule has 0 aliphatic carbocycles. The van der Waals surface area contributed by atoms with Gasteiger partial charge in [-0.15, -0.1) is 0 Å². The third-order valence-corrected chi connectivity index (χ3v) is 14.5. The summed E-state index contributed by atoms with van der Waals surface area (Å²) in [5.74, 6) is -0.114. The molecule has 2 aromatic carbocycles. The van der Waals surface area contributed by atoms with Crippen molar-refractivity contribution in [1.29, 1.82) is 0 Å². The monoisotopic (exact) mass is 709 g/mol. The molecule has 0 saturated heterocycles. The largest absolute Gasteiger partial charge is 0.461 e. The molecule has 0 N–H and O–H groups in total. The van der Waals surface area contributed by atoms with E-state index in [0.29, 0.717) is 32.8 Å². The molecule has 50 heavy (non-hydrogen) atoms. The van der Waals surface area contributed by atoms with Crippen LogP contribution in [-0.2, 0) is 23.4 Å². The van der Waals surface area contributed by atoms with Gasteiger partial charge in [-0.2, -0.15) is 0 Å². The van der Waals surface area contributed by atoms with Gasteiger partial charge in [0, 0.05) is 19.6 Å². The second-order valence-corrected chi connectivity index (χ2v) is 19.1. The van der Waals surface area contributed by atoms with Gasteiger partial charge in [0.25, 0.3) is 8.32 Å². The van der Waals surface area contributed by atoms with Gasteiger partial charge >= 0.3 is 5.97 Å². The molecule has 0 bridgehead atoms. The molecule has 0 heterocycles. The van der Waals surface area contributed by atoms with Gasteiger partial charge < -0.3 is 18.6 Å². The van der Waals surface area contributed by atoms with Gasteiger partial charge in [-0.3, -0.25) is 4.79 Å². The van der Waals surface area contributed by atoms with E-state index in [9.17, 15) is 4.79 Å². The number of esters is 1. The fraction of sp³-hybridized carbons (Fsp3) is 0.659. The molecule has 0 aromatic heterocycles. The van der Waals surface area contributed by atoms with Gasteiger partial charge in [-0.05, 0) is 47.5 Å². The third kappa shape index (κ3) is 17.8. The average Bonchev–Trinajstić information content (AvgIpc) is 3.11.